The van der Waals surface area contributed by atoms with Crippen LogP contribution in [0, 0.1) is 5.82 Å². The number of hydrogen-bond acceptors (Lipinski definition) is 3. The second kappa shape index (κ2) is 6.52. The van der Waals surface area contributed by atoms with E-state index in [9.17, 15) is 26.0 Å². The van der Waals surface area contributed by atoms with Crippen molar-refractivity contribution in [3.05, 3.63) is 47.5 Å². The van der Waals surface area contributed by atoms with Gasteiger partial charge < -0.3 is 0 Å². The maximum atomic E-state index is 13.9. The van der Waals surface area contributed by atoms with Gasteiger partial charge in [-0.25, -0.2) is 12.8 Å². The molecule has 0 saturated heterocycles. The maximum Gasteiger partial charge on any atom is 0.416 e. The summed E-state index contributed by atoms with van der Waals surface area (Å²) < 4.78 is 79.7. The van der Waals surface area contributed by atoms with Crippen molar-refractivity contribution in [2.45, 2.75) is 24.5 Å². The lowest BCUT2D eigenvalue weighted by molar-refractivity contribution is -0.137. The molecule has 2 rings (SSSR count). The van der Waals surface area contributed by atoms with Crippen molar-refractivity contribution >= 4 is 10.0 Å². The van der Waals surface area contributed by atoms with E-state index in [1.165, 1.54) is 17.8 Å². The normalized spacial score (nSPS) is 12.8. The van der Waals surface area contributed by atoms with Crippen LogP contribution in [0.5, 0.6) is 0 Å². The Kier molecular flexibility index (Phi) is 5.00. The lowest BCUT2D eigenvalue weighted by atomic mass is 10.2. The third-order valence-electron chi connectivity index (χ3n) is 3.35. The topological polar surface area (TPSA) is 55.2 Å². The van der Waals surface area contributed by atoms with E-state index in [0.717, 1.165) is 4.31 Å². The fraction of sp³-hybridized carbons (Fsp3) is 0.357. The van der Waals surface area contributed by atoms with Crippen LogP contribution in [0.25, 0.3) is 0 Å². The van der Waals surface area contributed by atoms with Gasteiger partial charge in [0.1, 0.15) is 10.7 Å². The van der Waals surface area contributed by atoms with E-state index in [0.29, 0.717) is 23.8 Å². The molecule has 0 N–H and O–H groups in total. The Morgan fingerprint density at radius 3 is 2.46 bits per heavy atom. The molecule has 0 unspecified atom stereocenters. The quantitative estimate of drug-likeness (QED) is 0.766. The fourth-order valence-corrected chi connectivity index (χ4v) is 3.67. The van der Waals surface area contributed by atoms with Crippen LogP contribution in [-0.4, -0.2) is 29.0 Å². The molecule has 0 bridgehead atoms. The smallest absolute Gasteiger partial charge is 0.275 e. The lowest BCUT2D eigenvalue weighted by Crippen LogP contribution is -2.31. The predicted octanol–water partition coefficient (Wildman–Crippen LogP) is 2.79. The Morgan fingerprint density at radius 1 is 1.29 bits per heavy atom. The highest BCUT2D eigenvalue weighted by Gasteiger charge is 2.34. The summed E-state index contributed by atoms with van der Waals surface area (Å²) >= 11 is 0. The van der Waals surface area contributed by atoms with E-state index in [1.807, 2.05) is 0 Å². The average Bonchev–Trinajstić information content (AvgIpc) is 2.89. The zero-order valence-electron chi connectivity index (χ0n) is 12.9. The molecule has 5 nitrogen and oxygen atoms in total. The van der Waals surface area contributed by atoms with Gasteiger partial charge >= 0.3 is 6.18 Å². The van der Waals surface area contributed by atoms with Crippen LogP contribution in [0.1, 0.15) is 18.1 Å². The summed E-state index contributed by atoms with van der Waals surface area (Å²) in [6.07, 6.45) is -1.76. The van der Waals surface area contributed by atoms with Gasteiger partial charge in [-0.3, -0.25) is 4.68 Å². The Hall–Kier alpha value is -1.94. The van der Waals surface area contributed by atoms with Gasteiger partial charge in [-0.15, -0.1) is 0 Å². The number of sulfonamides is 1. The minimum Gasteiger partial charge on any atom is -0.275 e. The SMILES string of the molecule is CCN(Cc1cnn(C)c1)S(=O)(=O)c1cc(C(F)(F)F)ccc1F. The molecular formula is C14H15F4N3O2S. The first-order chi connectivity index (χ1) is 11.1. The van der Waals surface area contributed by atoms with Crippen LogP contribution in [0.4, 0.5) is 17.6 Å². The van der Waals surface area contributed by atoms with Gasteiger partial charge in [-0.05, 0) is 18.2 Å². The Balaban J connectivity index is 2.44. The number of benzene rings is 1. The van der Waals surface area contributed by atoms with Crippen LogP contribution in [0.15, 0.2) is 35.5 Å². The third kappa shape index (κ3) is 3.75. The van der Waals surface area contributed by atoms with E-state index in [2.05, 4.69) is 5.10 Å². The largest absolute Gasteiger partial charge is 0.416 e. The molecule has 1 aromatic carbocycles. The molecule has 0 spiro atoms. The minimum atomic E-state index is -4.77. The Morgan fingerprint density at radius 2 is 1.96 bits per heavy atom. The summed E-state index contributed by atoms with van der Waals surface area (Å²) in [5, 5.41) is 3.90. The fourth-order valence-electron chi connectivity index (χ4n) is 2.14. The van der Waals surface area contributed by atoms with Gasteiger partial charge in [0, 0.05) is 31.9 Å². The van der Waals surface area contributed by atoms with Crippen molar-refractivity contribution in [3.8, 4) is 0 Å². The highest BCUT2D eigenvalue weighted by Crippen LogP contribution is 2.32. The number of rotatable bonds is 5. The minimum absolute atomic E-state index is 0.0348. The van der Waals surface area contributed by atoms with Crippen LogP contribution < -0.4 is 0 Å². The molecule has 0 saturated carbocycles. The van der Waals surface area contributed by atoms with Crippen molar-refractivity contribution in [2.24, 2.45) is 7.05 Å². The molecule has 1 heterocycles. The summed E-state index contributed by atoms with van der Waals surface area (Å²) in [6, 6.07) is 1.33. The molecule has 2 aromatic rings. The highest BCUT2D eigenvalue weighted by atomic mass is 32.2. The van der Waals surface area contributed by atoms with E-state index in [4.69, 9.17) is 0 Å². The average molecular weight is 365 g/mol. The van der Waals surface area contributed by atoms with Gasteiger partial charge in [0.15, 0.2) is 0 Å². The summed E-state index contributed by atoms with van der Waals surface area (Å²) in [6.45, 7) is 1.36. The summed E-state index contributed by atoms with van der Waals surface area (Å²) in [5.41, 5.74) is -0.685. The molecule has 132 valence electrons. The monoisotopic (exact) mass is 365 g/mol. The molecular weight excluding hydrogens is 350 g/mol. The molecule has 0 atom stereocenters. The number of alkyl halides is 3. The van der Waals surface area contributed by atoms with Crippen LogP contribution >= 0.6 is 0 Å². The standard InChI is InChI=1S/C14H15F4N3O2S/c1-3-21(9-10-7-19-20(2)8-10)24(22,23)13-6-11(14(16,17)18)4-5-12(13)15/h4-8H,3,9H2,1-2H3. The van der Waals surface area contributed by atoms with Crippen molar-refractivity contribution < 1.29 is 26.0 Å². The molecule has 10 heteroatoms. The first kappa shape index (κ1) is 18.4. The molecule has 0 fully saturated rings. The zero-order valence-corrected chi connectivity index (χ0v) is 13.7. The van der Waals surface area contributed by atoms with Crippen LogP contribution in [-0.2, 0) is 29.8 Å². The van der Waals surface area contributed by atoms with Crippen molar-refractivity contribution in [3.63, 3.8) is 0 Å². The first-order valence-corrected chi connectivity index (χ1v) is 8.34. The van der Waals surface area contributed by atoms with Gasteiger partial charge in [-0.2, -0.15) is 22.6 Å². The predicted molar refractivity (Wildman–Crippen MR) is 77.9 cm³/mol. The number of aromatic nitrogens is 2. The van der Waals surface area contributed by atoms with Crippen molar-refractivity contribution in [2.75, 3.05) is 6.54 Å². The van der Waals surface area contributed by atoms with Gasteiger partial charge in [-0.1, -0.05) is 6.92 Å². The molecule has 0 aliphatic heterocycles. The van der Waals surface area contributed by atoms with E-state index in [-0.39, 0.29) is 13.1 Å². The zero-order chi connectivity index (χ0) is 18.1. The Bertz CT molecular complexity index is 831. The highest BCUT2D eigenvalue weighted by molar-refractivity contribution is 7.89. The van der Waals surface area contributed by atoms with E-state index < -0.39 is 32.5 Å². The summed E-state index contributed by atoms with van der Waals surface area (Å²) in [7, 11) is -2.79. The summed E-state index contributed by atoms with van der Waals surface area (Å²) in [4.78, 5) is -0.997. The number of halogens is 4. The van der Waals surface area contributed by atoms with Crippen LogP contribution in [0.2, 0.25) is 0 Å². The van der Waals surface area contributed by atoms with Gasteiger partial charge in [0.25, 0.3) is 0 Å². The Labute approximate surface area is 136 Å². The number of aryl methyl sites for hydroxylation is 1. The number of hydrogen-bond donors (Lipinski definition) is 0. The second-order valence-corrected chi connectivity index (χ2v) is 7.00. The molecule has 24 heavy (non-hydrogen) atoms. The van der Waals surface area contributed by atoms with Crippen LogP contribution in [0.3, 0.4) is 0 Å². The molecule has 0 amide bonds. The van der Waals surface area contributed by atoms with Crippen molar-refractivity contribution in [1.82, 2.24) is 14.1 Å². The maximum absolute atomic E-state index is 13.9. The second-order valence-electron chi connectivity index (χ2n) is 5.10. The van der Waals surface area contributed by atoms with Gasteiger partial charge in [0.2, 0.25) is 10.0 Å². The third-order valence-corrected chi connectivity index (χ3v) is 5.28. The van der Waals surface area contributed by atoms with Crippen molar-refractivity contribution in [1.29, 1.82) is 0 Å². The van der Waals surface area contributed by atoms with E-state index >= 15 is 0 Å². The lowest BCUT2D eigenvalue weighted by Gasteiger charge is -2.21. The summed E-state index contributed by atoms with van der Waals surface area (Å²) in [5.74, 6) is -1.23. The molecule has 0 radical (unpaired) electrons. The number of nitrogens with zero attached hydrogens (tertiary/aromatic N) is 3. The molecule has 0 aliphatic rings. The van der Waals surface area contributed by atoms with E-state index in [1.54, 1.807) is 13.2 Å². The van der Waals surface area contributed by atoms with Gasteiger partial charge in [0.05, 0.1) is 11.8 Å². The molecule has 0 aliphatic carbocycles. The first-order valence-electron chi connectivity index (χ1n) is 6.90. The molecule has 1 aromatic heterocycles.